The van der Waals surface area contributed by atoms with Crippen molar-refractivity contribution in [2.75, 3.05) is 40.0 Å². The molecule has 0 aromatic heterocycles. The van der Waals surface area contributed by atoms with Gasteiger partial charge in [0.2, 0.25) is 0 Å². The second kappa shape index (κ2) is 15.6. The molecule has 1 aliphatic carbocycles. The van der Waals surface area contributed by atoms with E-state index in [-0.39, 0.29) is 30.7 Å². The largest absolute Gasteiger partial charge is 0.481 e. The van der Waals surface area contributed by atoms with Gasteiger partial charge in [0.1, 0.15) is 11.8 Å². The number of carboxylic acids is 3. The molecule has 0 saturated heterocycles. The highest BCUT2D eigenvalue weighted by Crippen LogP contribution is 2.22. The molecule has 12 nitrogen and oxygen atoms in total. The molecule has 32 heavy (non-hydrogen) atoms. The van der Waals surface area contributed by atoms with Crippen molar-refractivity contribution in [1.82, 2.24) is 16.0 Å². The molecule has 4 atom stereocenters. The van der Waals surface area contributed by atoms with Crippen LogP contribution in [0.1, 0.15) is 38.5 Å². The molecule has 1 rings (SSSR count). The molecule has 0 aromatic rings. The van der Waals surface area contributed by atoms with Crippen molar-refractivity contribution >= 4 is 23.7 Å². The minimum absolute atomic E-state index is 0.146. The lowest BCUT2D eigenvalue weighted by Gasteiger charge is -2.41. The van der Waals surface area contributed by atoms with Gasteiger partial charge in [-0.1, -0.05) is 0 Å². The zero-order chi connectivity index (χ0) is 23.9. The van der Waals surface area contributed by atoms with Gasteiger partial charge in [0.15, 0.2) is 0 Å². The highest BCUT2D eigenvalue weighted by molar-refractivity contribution is 5.88. The van der Waals surface area contributed by atoms with Gasteiger partial charge < -0.3 is 35.4 Å². The number of hydrogen-bond donors (Lipinski definition) is 6. The van der Waals surface area contributed by atoms with E-state index in [1.807, 2.05) is 7.05 Å². The van der Waals surface area contributed by atoms with Crippen molar-refractivity contribution in [1.29, 1.82) is 0 Å². The number of hydrogen-bond acceptors (Lipinski definition) is 9. The number of Topliss-reactive ketones (excluding diaryl/α,β-unsaturated/α-hetero) is 1. The number of nitrogens with one attached hydrogen (secondary N) is 3. The van der Waals surface area contributed by atoms with Crippen molar-refractivity contribution in [2.45, 2.75) is 62.7 Å². The van der Waals surface area contributed by atoms with E-state index in [1.165, 1.54) is 0 Å². The Labute approximate surface area is 187 Å². The van der Waals surface area contributed by atoms with Gasteiger partial charge in [-0.05, 0) is 26.3 Å². The minimum Gasteiger partial charge on any atom is -0.481 e. The first-order valence-corrected chi connectivity index (χ1v) is 10.8. The van der Waals surface area contributed by atoms with Gasteiger partial charge in [0.25, 0.3) is 0 Å². The van der Waals surface area contributed by atoms with Crippen molar-refractivity contribution in [3.63, 3.8) is 0 Å². The standard InChI is InChI=1S/C20H35N3O9/c1-21-6-8-32-10-9-31-7-2-3-17(24)15(11-18(25)26)22-13-4-5-14(13)23-16(20(29)30)12-19(27)28/h13-16,21-23H,2-12H2,1H3,(H,25,26)(H,27,28)(H,29,30)/t13?,14?,15-,16-/m0/s1. The predicted molar refractivity (Wildman–Crippen MR) is 113 cm³/mol. The van der Waals surface area contributed by atoms with Crippen LogP contribution in [-0.2, 0) is 28.7 Å². The van der Waals surface area contributed by atoms with E-state index in [4.69, 9.17) is 19.7 Å². The van der Waals surface area contributed by atoms with Crippen LogP contribution in [-0.4, -0.2) is 103 Å². The fourth-order valence-corrected chi connectivity index (χ4v) is 3.27. The molecule has 0 bridgehead atoms. The normalized spacial score (nSPS) is 19.7. The third kappa shape index (κ3) is 11.5. The number of carboxylic acid groups (broad SMARTS) is 3. The molecule has 2 unspecified atom stereocenters. The van der Waals surface area contributed by atoms with Crippen molar-refractivity contribution in [2.24, 2.45) is 0 Å². The van der Waals surface area contributed by atoms with Gasteiger partial charge in [-0.3, -0.25) is 24.5 Å². The van der Waals surface area contributed by atoms with Crippen molar-refractivity contribution < 1.29 is 44.0 Å². The Balaban J connectivity index is 2.42. The van der Waals surface area contributed by atoms with Crippen molar-refractivity contribution in [3.05, 3.63) is 0 Å². The molecule has 0 radical (unpaired) electrons. The van der Waals surface area contributed by atoms with Gasteiger partial charge in [-0.2, -0.15) is 0 Å². The maximum absolute atomic E-state index is 12.5. The Kier molecular flexibility index (Phi) is 13.6. The van der Waals surface area contributed by atoms with Gasteiger partial charge in [0.05, 0.1) is 38.7 Å². The molecule has 0 heterocycles. The smallest absolute Gasteiger partial charge is 0.321 e. The van der Waals surface area contributed by atoms with Crippen LogP contribution in [0.2, 0.25) is 0 Å². The summed E-state index contributed by atoms with van der Waals surface area (Å²) in [6, 6.07) is -2.83. The van der Waals surface area contributed by atoms with E-state index in [1.54, 1.807) is 0 Å². The molecule has 1 aliphatic rings. The molecule has 0 spiro atoms. The predicted octanol–water partition coefficient (Wildman–Crippen LogP) is -0.930. The molecule has 184 valence electrons. The summed E-state index contributed by atoms with van der Waals surface area (Å²) in [4.78, 5) is 45.8. The van der Waals surface area contributed by atoms with Crippen LogP contribution in [0.3, 0.4) is 0 Å². The van der Waals surface area contributed by atoms with Crippen molar-refractivity contribution in [3.8, 4) is 0 Å². The van der Waals surface area contributed by atoms with Gasteiger partial charge in [0, 0.05) is 31.7 Å². The number of rotatable bonds is 20. The van der Waals surface area contributed by atoms with Crippen LogP contribution in [0.25, 0.3) is 0 Å². The topological polar surface area (TPSA) is 184 Å². The molecule has 1 fully saturated rings. The monoisotopic (exact) mass is 461 g/mol. The SMILES string of the molecule is CNCCOCCOCCCC(=O)[C@H](CC(=O)O)NC1CCC1N[C@@H](CC(=O)O)C(=O)O. The van der Waals surface area contributed by atoms with Crippen LogP contribution in [0.15, 0.2) is 0 Å². The van der Waals surface area contributed by atoms with Crippen LogP contribution in [0, 0.1) is 0 Å². The minimum atomic E-state index is -1.27. The van der Waals surface area contributed by atoms with E-state index in [0.29, 0.717) is 45.7 Å². The number of ether oxygens (including phenoxy) is 2. The molecule has 0 aliphatic heterocycles. The van der Waals surface area contributed by atoms with Crippen LogP contribution in [0.5, 0.6) is 0 Å². The first-order valence-electron chi connectivity index (χ1n) is 10.8. The zero-order valence-corrected chi connectivity index (χ0v) is 18.4. The lowest BCUT2D eigenvalue weighted by molar-refractivity contribution is -0.146. The first kappa shape index (κ1) is 27.9. The molecule has 12 heteroatoms. The fraction of sp³-hybridized carbons (Fsp3) is 0.800. The maximum Gasteiger partial charge on any atom is 0.321 e. The number of ketones is 1. The summed E-state index contributed by atoms with van der Waals surface area (Å²) in [6.07, 6.45) is 0.846. The molecule has 0 aromatic carbocycles. The molecular weight excluding hydrogens is 426 g/mol. The first-order chi connectivity index (χ1) is 15.2. The van der Waals surface area contributed by atoms with E-state index in [0.717, 1.165) is 6.54 Å². The Morgan fingerprint density at radius 3 is 1.88 bits per heavy atom. The highest BCUT2D eigenvalue weighted by atomic mass is 16.5. The van der Waals surface area contributed by atoms with E-state index in [2.05, 4.69) is 16.0 Å². The fourth-order valence-electron chi connectivity index (χ4n) is 3.27. The zero-order valence-electron chi connectivity index (χ0n) is 18.4. The van der Waals surface area contributed by atoms with Gasteiger partial charge in [-0.15, -0.1) is 0 Å². The Morgan fingerprint density at radius 1 is 0.844 bits per heavy atom. The number of aliphatic carboxylic acids is 3. The Hall–Kier alpha value is -2.12. The highest BCUT2D eigenvalue weighted by Gasteiger charge is 2.37. The summed E-state index contributed by atoms with van der Waals surface area (Å²) >= 11 is 0. The quantitative estimate of drug-likeness (QED) is 0.123. The van der Waals surface area contributed by atoms with Crippen LogP contribution in [0.4, 0.5) is 0 Å². The summed E-state index contributed by atoms with van der Waals surface area (Å²) in [7, 11) is 1.83. The molecular formula is C20H35N3O9. The lowest BCUT2D eigenvalue weighted by atomic mass is 9.84. The average Bonchev–Trinajstić information content (AvgIpc) is 2.70. The number of carbonyl (C=O) groups excluding carboxylic acids is 1. The van der Waals surface area contributed by atoms with E-state index in [9.17, 15) is 24.3 Å². The van der Waals surface area contributed by atoms with E-state index < -0.39 is 36.4 Å². The Morgan fingerprint density at radius 2 is 1.38 bits per heavy atom. The number of likely N-dealkylation sites (N-methyl/N-ethyl adjacent to an activating group) is 1. The Bertz CT molecular complexity index is 617. The van der Waals surface area contributed by atoms with Crippen LogP contribution < -0.4 is 16.0 Å². The molecule has 0 amide bonds. The molecule has 1 saturated carbocycles. The second-order valence-corrected chi connectivity index (χ2v) is 7.66. The van der Waals surface area contributed by atoms with Gasteiger partial charge >= 0.3 is 17.9 Å². The summed E-state index contributed by atoms with van der Waals surface area (Å²) in [6.45, 7) is 2.55. The van der Waals surface area contributed by atoms with Gasteiger partial charge in [-0.25, -0.2) is 0 Å². The van der Waals surface area contributed by atoms with E-state index >= 15 is 0 Å². The summed E-state index contributed by atoms with van der Waals surface area (Å²) in [5.41, 5.74) is 0. The second-order valence-electron chi connectivity index (χ2n) is 7.66. The summed E-state index contributed by atoms with van der Waals surface area (Å²) in [5, 5.41) is 35.9. The number of carbonyl (C=O) groups is 4. The van der Waals surface area contributed by atoms with Crippen LogP contribution >= 0.6 is 0 Å². The lowest BCUT2D eigenvalue weighted by Crippen LogP contribution is -2.62. The summed E-state index contributed by atoms with van der Waals surface area (Å²) in [5.74, 6) is -3.89. The third-order valence-corrected chi connectivity index (χ3v) is 5.13. The average molecular weight is 462 g/mol. The molecule has 6 N–H and O–H groups in total. The maximum atomic E-state index is 12.5. The summed E-state index contributed by atoms with van der Waals surface area (Å²) < 4.78 is 10.7. The third-order valence-electron chi connectivity index (χ3n) is 5.13.